The molecule has 1 amide bonds. The average molecular weight is 249 g/mol. The number of piperazine rings is 1. The Kier molecular flexibility index (Phi) is 3.36. The summed E-state index contributed by atoms with van der Waals surface area (Å²) in [7, 11) is 1.93. The number of amides is 1. The lowest BCUT2D eigenvalue weighted by Crippen LogP contribution is -2.49. The van der Waals surface area contributed by atoms with Crippen molar-refractivity contribution in [2.45, 2.75) is 19.4 Å². The Hall–Kier alpha value is -1.46. The second kappa shape index (κ2) is 4.66. The molecule has 0 atom stereocenters. The molecule has 1 N–H and O–H groups in total. The summed E-state index contributed by atoms with van der Waals surface area (Å²) in [5, 5.41) is 9.85. The fourth-order valence-electron chi connectivity index (χ4n) is 1.94. The largest absolute Gasteiger partial charge is 0.386 e. The van der Waals surface area contributed by atoms with Crippen LogP contribution in [0.15, 0.2) is 18.3 Å². The summed E-state index contributed by atoms with van der Waals surface area (Å²) in [5.41, 5.74) is -0.162. The monoisotopic (exact) mass is 249 g/mol. The molecule has 2 heterocycles. The van der Waals surface area contributed by atoms with Gasteiger partial charge in [0.05, 0.1) is 12.1 Å². The second-order valence-corrected chi connectivity index (χ2v) is 5.25. The Morgan fingerprint density at radius 3 is 2.56 bits per heavy atom. The number of nitrogens with zero attached hydrogens (tertiary/aromatic N) is 3. The first-order valence-electron chi connectivity index (χ1n) is 6.06. The number of aliphatic hydroxyl groups is 1. The smallest absolute Gasteiger partial charge is 0.242 e. The van der Waals surface area contributed by atoms with Crippen molar-refractivity contribution < 1.29 is 9.90 Å². The fraction of sp³-hybridized carbons (Fsp3) is 0.538. The SMILES string of the molecule is CN1CCN(c2ccc(C(C)(C)O)cn2)C(=O)C1. The van der Waals surface area contributed by atoms with Crippen LogP contribution in [-0.4, -0.2) is 47.6 Å². The molecule has 1 aliphatic heterocycles. The summed E-state index contributed by atoms with van der Waals surface area (Å²) in [5.74, 6) is 0.716. The molecule has 0 unspecified atom stereocenters. The summed E-state index contributed by atoms with van der Waals surface area (Å²) in [6.45, 7) is 5.36. The van der Waals surface area contributed by atoms with Gasteiger partial charge in [-0.25, -0.2) is 4.98 Å². The third-order valence-electron chi connectivity index (χ3n) is 3.14. The zero-order valence-corrected chi connectivity index (χ0v) is 11.1. The lowest BCUT2D eigenvalue weighted by atomic mass is 10.0. The second-order valence-electron chi connectivity index (χ2n) is 5.25. The molecule has 5 nitrogen and oxygen atoms in total. The van der Waals surface area contributed by atoms with Crippen LogP contribution in [0.25, 0.3) is 0 Å². The van der Waals surface area contributed by atoms with Gasteiger partial charge >= 0.3 is 0 Å². The highest BCUT2D eigenvalue weighted by atomic mass is 16.3. The van der Waals surface area contributed by atoms with Crippen LogP contribution in [-0.2, 0) is 10.4 Å². The number of anilines is 1. The van der Waals surface area contributed by atoms with Crippen molar-refractivity contribution in [2.75, 3.05) is 31.6 Å². The molecule has 0 bridgehead atoms. The molecule has 1 aromatic heterocycles. The van der Waals surface area contributed by atoms with Crippen molar-refractivity contribution in [3.8, 4) is 0 Å². The van der Waals surface area contributed by atoms with Crippen molar-refractivity contribution in [1.29, 1.82) is 0 Å². The minimum Gasteiger partial charge on any atom is -0.386 e. The maximum absolute atomic E-state index is 11.9. The number of rotatable bonds is 2. The van der Waals surface area contributed by atoms with Gasteiger partial charge in [0.1, 0.15) is 5.82 Å². The van der Waals surface area contributed by atoms with Gasteiger partial charge in [-0.1, -0.05) is 6.07 Å². The van der Waals surface area contributed by atoms with Crippen LogP contribution in [0.1, 0.15) is 19.4 Å². The molecule has 0 spiro atoms. The third kappa shape index (κ3) is 2.68. The molecule has 18 heavy (non-hydrogen) atoms. The van der Waals surface area contributed by atoms with E-state index in [1.165, 1.54) is 0 Å². The van der Waals surface area contributed by atoms with Crippen LogP contribution in [0.5, 0.6) is 0 Å². The maximum Gasteiger partial charge on any atom is 0.242 e. The molecule has 5 heteroatoms. The molecule has 1 saturated heterocycles. The minimum atomic E-state index is -0.905. The van der Waals surface area contributed by atoms with E-state index in [9.17, 15) is 9.90 Å². The van der Waals surface area contributed by atoms with Gasteiger partial charge in [-0.2, -0.15) is 0 Å². The molecule has 0 aliphatic carbocycles. The molecule has 1 aliphatic rings. The van der Waals surface area contributed by atoms with Gasteiger partial charge < -0.3 is 5.11 Å². The van der Waals surface area contributed by atoms with Crippen molar-refractivity contribution in [3.63, 3.8) is 0 Å². The highest BCUT2D eigenvalue weighted by molar-refractivity contribution is 5.94. The highest BCUT2D eigenvalue weighted by Crippen LogP contribution is 2.21. The summed E-state index contributed by atoms with van der Waals surface area (Å²) in [4.78, 5) is 19.8. The number of hydrogen-bond donors (Lipinski definition) is 1. The summed E-state index contributed by atoms with van der Waals surface area (Å²) in [6, 6.07) is 3.60. The number of aromatic nitrogens is 1. The van der Waals surface area contributed by atoms with Gasteiger partial charge in [-0.05, 0) is 27.0 Å². The van der Waals surface area contributed by atoms with Gasteiger partial charge in [0.2, 0.25) is 5.91 Å². The Morgan fingerprint density at radius 2 is 2.06 bits per heavy atom. The Labute approximate surface area is 107 Å². The Bertz CT molecular complexity index is 437. The van der Waals surface area contributed by atoms with E-state index < -0.39 is 5.60 Å². The fourth-order valence-corrected chi connectivity index (χ4v) is 1.94. The first kappa shape index (κ1) is 13.0. The number of likely N-dealkylation sites (N-methyl/N-ethyl adjacent to an activating group) is 1. The van der Waals surface area contributed by atoms with Crippen LogP contribution >= 0.6 is 0 Å². The van der Waals surface area contributed by atoms with Gasteiger partial charge in [-0.15, -0.1) is 0 Å². The summed E-state index contributed by atoms with van der Waals surface area (Å²) >= 11 is 0. The number of pyridine rings is 1. The predicted molar refractivity (Wildman–Crippen MR) is 69.3 cm³/mol. The molecule has 0 aromatic carbocycles. The van der Waals surface area contributed by atoms with Crippen LogP contribution in [0.3, 0.4) is 0 Å². The van der Waals surface area contributed by atoms with Gasteiger partial charge in [0.15, 0.2) is 0 Å². The summed E-state index contributed by atoms with van der Waals surface area (Å²) < 4.78 is 0. The molecule has 0 saturated carbocycles. The van der Waals surface area contributed by atoms with E-state index in [4.69, 9.17) is 0 Å². The highest BCUT2D eigenvalue weighted by Gasteiger charge is 2.24. The lowest BCUT2D eigenvalue weighted by Gasteiger charge is -2.31. The molecular formula is C13H19N3O2. The predicted octanol–water partition coefficient (Wildman–Crippen LogP) is 0.587. The molecule has 0 radical (unpaired) electrons. The first-order chi connectivity index (χ1) is 8.38. The van der Waals surface area contributed by atoms with E-state index >= 15 is 0 Å². The third-order valence-corrected chi connectivity index (χ3v) is 3.14. The molecule has 1 fully saturated rings. The zero-order valence-electron chi connectivity index (χ0n) is 11.1. The molecular weight excluding hydrogens is 230 g/mol. The van der Waals surface area contributed by atoms with E-state index in [2.05, 4.69) is 4.98 Å². The van der Waals surface area contributed by atoms with Gasteiger partial charge in [0, 0.05) is 24.8 Å². The van der Waals surface area contributed by atoms with E-state index in [1.807, 2.05) is 18.0 Å². The number of carbonyl (C=O) groups excluding carboxylic acids is 1. The zero-order chi connectivity index (χ0) is 13.3. The first-order valence-corrected chi connectivity index (χ1v) is 6.06. The number of carbonyl (C=O) groups is 1. The molecule has 1 aromatic rings. The Balaban J connectivity index is 2.17. The van der Waals surface area contributed by atoms with Crippen LogP contribution in [0.2, 0.25) is 0 Å². The van der Waals surface area contributed by atoms with Crippen molar-refractivity contribution in [1.82, 2.24) is 9.88 Å². The van der Waals surface area contributed by atoms with Gasteiger partial charge in [-0.3, -0.25) is 14.6 Å². The lowest BCUT2D eigenvalue weighted by molar-refractivity contribution is -0.120. The molecule has 98 valence electrons. The van der Waals surface area contributed by atoms with Gasteiger partial charge in [0.25, 0.3) is 0 Å². The maximum atomic E-state index is 11.9. The van der Waals surface area contributed by atoms with Crippen molar-refractivity contribution >= 4 is 11.7 Å². The summed E-state index contributed by atoms with van der Waals surface area (Å²) in [6.07, 6.45) is 1.63. The van der Waals surface area contributed by atoms with Crippen LogP contribution < -0.4 is 4.90 Å². The van der Waals surface area contributed by atoms with Crippen LogP contribution in [0.4, 0.5) is 5.82 Å². The van der Waals surface area contributed by atoms with Crippen LogP contribution in [0, 0.1) is 0 Å². The van der Waals surface area contributed by atoms with E-state index in [1.54, 1.807) is 31.0 Å². The van der Waals surface area contributed by atoms with E-state index in [-0.39, 0.29) is 5.91 Å². The minimum absolute atomic E-state index is 0.0623. The molecule has 2 rings (SSSR count). The quantitative estimate of drug-likeness (QED) is 0.833. The topological polar surface area (TPSA) is 56.7 Å². The Morgan fingerprint density at radius 1 is 1.33 bits per heavy atom. The van der Waals surface area contributed by atoms with Crippen molar-refractivity contribution in [2.24, 2.45) is 0 Å². The normalized spacial score (nSPS) is 18.2. The number of hydrogen-bond acceptors (Lipinski definition) is 4. The standard InChI is InChI=1S/C13H19N3O2/c1-13(2,18)10-4-5-11(14-8-10)16-7-6-15(3)9-12(16)17/h4-5,8,18H,6-7,9H2,1-3H3. The van der Waals surface area contributed by atoms with Crippen molar-refractivity contribution in [3.05, 3.63) is 23.9 Å². The van der Waals surface area contributed by atoms with E-state index in [0.29, 0.717) is 18.9 Å². The average Bonchev–Trinajstić information content (AvgIpc) is 2.28. The van der Waals surface area contributed by atoms with E-state index in [0.717, 1.165) is 12.1 Å².